The van der Waals surface area contributed by atoms with Gasteiger partial charge in [-0.15, -0.1) is 0 Å². The second-order valence-electron chi connectivity index (χ2n) is 6.33. The maximum Gasteiger partial charge on any atom is 0.258 e. The number of amides is 1. The Morgan fingerprint density at radius 1 is 1.00 bits per heavy atom. The lowest BCUT2D eigenvalue weighted by Crippen LogP contribution is -2.35. The van der Waals surface area contributed by atoms with Gasteiger partial charge in [0.2, 0.25) is 0 Å². The third-order valence-electron chi connectivity index (χ3n) is 4.59. The fourth-order valence-electron chi connectivity index (χ4n) is 3.40. The average molecular weight is 316 g/mol. The molecule has 2 aromatic carbocycles. The predicted molar refractivity (Wildman–Crippen MR) is 96.9 cm³/mol. The zero-order valence-electron chi connectivity index (χ0n) is 13.8. The summed E-state index contributed by atoms with van der Waals surface area (Å²) in [7, 11) is 0. The molecule has 3 nitrogen and oxygen atoms in total. The molecule has 120 valence electrons. The molecule has 0 bridgehead atoms. The van der Waals surface area contributed by atoms with Crippen molar-refractivity contribution in [3.63, 3.8) is 0 Å². The summed E-state index contributed by atoms with van der Waals surface area (Å²) in [6.45, 7) is 2.88. The van der Waals surface area contributed by atoms with Crippen molar-refractivity contribution in [2.45, 2.75) is 19.8 Å². The van der Waals surface area contributed by atoms with Gasteiger partial charge in [0.1, 0.15) is 0 Å². The second kappa shape index (κ2) is 6.00. The number of carbonyl (C=O) groups is 1. The van der Waals surface area contributed by atoms with Gasteiger partial charge in [0.05, 0.1) is 0 Å². The number of aryl methyl sites for hydroxylation is 2. The van der Waals surface area contributed by atoms with Gasteiger partial charge in [-0.25, -0.2) is 0 Å². The Bertz CT molecular complexity index is 881. The van der Waals surface area contributed by atoms with Crippen LogP contribution in [0.25, 0.3) is 5.69 Å². The van der Waals surface area contributed by atoms with Gasteiger partial charge in [-0.3, -0.25) is 4.79 Å². The summed E-state index contributed by atoms with van der Waals surface area (Å²) < 4.78 is 2.02. The summed E-state index contributed by atoms with van der Waals surface area (Å²) >= 11 is 0. The van der Waals surface area contributed by atoms with E-state index in [1.165, 1.54) is 11.1 Å². The molecule has 0 fully saturated rings. The molecule has 0 radical (unpaired) electrons. The van der Waals surface area contributed by atoms with E-state index in [1.807, 2.05) is 58.3 Å². The highest BCUT2D eigenvalue weighted by molar-refractivity contribution is 6.07. The molecule has 1 aromatic heterocycles. The predicted octanol–water partition coefficient (Wildman–Crippen LogP) is 4.38. The van der Waals surface area contributed by atoms with Crippen molar-refractivity contribution >= 4 is 11.6 Å². The number of rotatable bonds is 2. The first-order valence-corrected chi connectivity index (χ1v) is 8.37. The minimum atomic E-state index is 0.0776. The number of carbonyl (C=O) groups excluding carboxylic acids is 1. The van der Waals surface area contributed by atoms with Crippen LogP contribution in [0.3, 0.4) is 0 Å². The lowest BCUT2D eigenvalue weighted by molar-refractivity contribution is 0.0985. The third-order valence-corrected chi connectivity index (χ3v) is 4.59. The first-order chi connectivity index (χ1) is 11.7. The Labute approximate surface area is 142 Å². The molecule has 24 heavy (non-hydrogen) atoms. The summed E-state index contributed by atoms with van der Waals surface area (Å²) in [6.07, 6.45) is 6.04. The molecule has 4 rings (SSSR count). The Balaban J connectivity index is 1.69. The first kappa shape index (κ1) is 14.8. The fourth-order valence-corrected chi connectivity index (χ4v) is 3.40. The highest BCUT2D eigenvalue weighted by Crippen LogP contribution is 2.29. The summed E-state index contributed by atoms with van der Waals surface area (Å²) in [5, 5.41) is 0. The Kier molecular flexibility index (Phi) is 3.69. The smallest absolute Gasteiger partial charge is 0.258 e. The van der Waals surface area contributed by atoms with Crippen LogP contribution in [-0.4, -0.2) is 17.0 Å². The van der Waals surface area contributed by atoms with E-state index in [4.69, 9.17) is 0 Å². The molecular weight excluding hydrogens is 296 g/mol. The van der Waals surface area contributed by atoms with Gasteiger partial charge in [0.15, 0.2) is 0 Å². The largest absolute Gasteiger partial charge is 0.324 e. The van der Waals surface area contributed by atoms with Crippen molar-refractivity contribution in [1.82, 2.24) is 4.57 Å². The first-order valence-electron chi connectivity index (χ1n) is 8.37. The fraction of sp³-hybridized carbons (Fsp3) is 0.190. The van der Waals surface area contributed by atoms with E-state index in [0.717, 1.165) is 36.3 Å². The maximum absolute atomic E-state index is 13.1. The zero-order valence-corrected chi connectivity index (χ0v) is 13.8. The van der Waals surface area contributed by atoms with Gasteiger partial charge in [0, 0.05) is 35.9 Å². The number of hydrogen-bond acceptors (Lipinski definition) is 1. The molecule has 0 spiro atoms. The Hall–Kier alpha value is -2.81. The third kappa shape index (κ3) is 2.62. The van der Waals surface area contributed by atoms with E-state index in [9.17, 15) is 4.79 Å². The van der Waals surface area contributed by atoms with Crippen molar-refractivity contribution in [1.29, 1.82) is 0 Å². The molecule has 0 saturated carbocycles. The molecule has 3 heteroatoms. The molecular formula is C21H20N2O. The van der Waals surface area contributed by atoms with Crippen LogP contribution in [0.15, 0.2) is 67.0 Å². The molecule has 1 amide bonds. The number of nitrogens with zero attached hydrogens (tertiary/aromatic N) is 2. The second-order valence-corrected chi connectivity index (χ2v) is 6.33. The van der Waals surface area contributed by atoms with Gasteiger partial charge >= 0.3 is 0 Å². The highest BCUT2D eigenvalue weighted by Gasteiger charge is 2.23. The van der Waals surface area contributed by atoms with Crippen LogP contribution >= 0.6 is 0 Å². The molecule has 1 aliphatic heterocycles. The summed E-state index contributed by atoms with van der Waals surface area (Å²) in [5.74, 6) is 0.0776. The minimum absolute atomic E-state index is 0.0776. The highest BCUT2D eigenvalue weighted by atomic mass is 16.2. The van der Waals surface area contributed by atoms with Gasteiger partial charge in [0.25, 0.3) is 5.91 Å². The van der Waals surface area contributed by atoms with Gasteiger partial charge in [-0.2, -0.15) is 0 Å². The van der Waals surface area contributed by atoms with E-state index in [0.29, 0.717) is 0 Å². The molecule has 0 unspecified atom stereocenters. The zero-order chi connectivity index (χ0) is 16.5. The SMILES string of the molecule is Cc1ccc2c(c1)CCCN2C(=O)c1cccc(-n2cccc2)c1. The molecule has 0 atom stereocenters. The Morgan fingerprint density at radius 3 is 2.67 bits per heavy atom. The van der Waals surface area contributed by atoms with E-state index >= 15 is 0 Å². The summed E-state index contributed by atoms with van der Waals surface area (Å²) in [6, 6.07) is 18.2. The normalized spacial score (nSPS) is 13.6. The van der Waals surface area contributed by atoms with E-state index < -0.39 is 0 Å². The number of anilines is 1. The van der Waals surface area contributed by atoms with Crippen LogP contribution in [0, 0.1) is 6.92 Å². The molecule has 0 aliphatic carbocycles. The maximum atomic E-state index is 13.1. The summed E-state index contributed by atoms with van der Waals surface area (Å²) in [5.41, 5.74) is 5.32. The molecule has 1 aliphatic rings. The minimum Gasteiger partial charge on any atom is -0.324 e. The van der Waals surface area contributed by atoms with Gasteiger partial charge < -0.3 is 9.47 Å². The van der Waals surface area contributed by atoms with Crippen molar-refractivity contribution in [2.24, 2.45) is 0 Å². The molecule has 0 N–H and O–H groups in total. The Morgan fingerprint density at radius 2 is 1.83 bits per heavy atom. The van der Waals surface area contributed by atoms with Crippen molar-refractivity contribution in [3.8, 4) is 5.69 Å². The van der Waals surface area contributed by atoms with Gasteiger partial charge in [-0.1, -0.05) is 23.8 Å². The van der Waals surface area contributed by atoms with E-state index in [-0.39, 0.29) is 5.91 Å². The van der Waals surface area contributed by atoms with Crippen LogP contribution in [0.4, 0.5) is 5.69 Å². The summed E-state index contributed by atoms with van der Waals surface area (Å²) in [4.78, 5) is 15.0. The van der Waals surface area contributed by atoms with E-state index in [2.05, 4.69) is 25.1 Å². The standard InChI is InChI=1S/C21H20N2O/c1-16-9-10-20-17(14-16)7-5-13-23(20)21(24)18-6-4-8-19(15-18)22-11-2-3-12-22/h2-4,6,8-12,14-15H,5,7,13H2,1H3. The quantitative estimate of drug-likeness (QED) is 0.689. The van der Waals surface area contributed by atoms with Crippen LogP contribution in [-0.2, 0) is 6.42 Å². The van der Waals surface area contributed by atoms with Gasteiger partial charge in [-0.05, 0) is 61.7 Å². The number of aromatic nitrogens is 1. The molecule has 3 aromatic rings. The van der Waals surface area contributed by atoms with Crippen molar-refractivity contribution in [2.75, 3.05) is 11.4 Å². The number of hydrogen-bond donors (Lipinski definition) is 0. The molecule has 0 saturated heterocycles. The van der Waals surface area contributed by atoms with Crippen LogP contribution in [0.1, 0.15) is 27.9 Å². The molecule has 2 heterocycles. The lowest BCUT2D eigenvalue weighted by atomic mass is 9.99. The van der Waals surface area contributed by atoms with E-state index in [1.54, 1.807) is 0 Å². The van der Waals surface area contributed by atoms with Crippen LogP contribution < -0.4 is 4.90 Å². The van der Waals surface area contributed by atoms with Crippen molar-refractivity contribution in [3.05, 3.63) is 83.7 Å². The van der Waals surface area contributed by atoms with Crippen LogP contribution in [0.5, 0.6) is 0 Å². The topological polar surface area (TPSA) is 25.2 Å². The monoisotopic (exact) mass is 316 g/mol. The van der Waals surface area contributed by atoms with Crippen LogP contribution in [0.2, 0.25) is 0 Å². The number of benzene rings is 2. The van der Waals surface area contributed by atoms with Crippen molar-refractivity contribution < 1.29 is 4.79 Å². The number of fused-ring (bicyclic) bond motifs is 1. The lowest BCUT2D eigenvalue weighted by Gasteiger charge is -2.30. The average Bonchev–Trinajstić information content (AvgIpc) is 3.15.